The summed E-state index contributed by atoms with van der Waals surface area (Å²) in [5, 5.41) is 27.4. The van der Waals surface area contributed by atoms with Crippen molar-refractivity contribution in [3.8, 4) is 5.75 Å². The van der Waals surface area contributed by atoms with Crippen LogP contribution >= 0.6 is 0 Å². The Morgan fingerprint density at radius 2 is 1.36 bits per heavy atom. The Morgan fingerprint density at radius 1 is 0.760 bits per heavy atom. The van der Waals surface area contributed by atoms with E-state index >= 15 is 0 Å². The minimum absolute atomic E-state index is 0.0395. The summed E-state index contributed by atoms with van der Waals surface area (Å²) in [6.45, 7) is -0.140. The number of esters is 1. The lowest BCUT2D eigenvalue weighted by molar-refractivity contribution is -0.178. The monoisotopic (exact) mass is 665 g/mol. The molecule has 0 aromatic heterocycles. The first kappa shape index (κ1) is 31.5. The maximum atomic E-state index is 14.9. The third-order valence-corrected chi connectivity index (χ3v) is 10.4. The number of anilines is 1. The highest BCUT2D eigenvalue weighted by molar-refractivity contribution is 6.12. The zero-order valence-electron chi connectivity index (χ0n) is 26.9. The molecule has 0 radical (unpaired) electrons. The average molecular weight is 666 g/mol. The molecule has 50 heavy (non-hydrogen) atoms. The van der Waals surface area contributed by atoms with Gasteiger partial charge in [-0.05, 0) is 46.0 Å². The molecule has 2 fully saturated rings. The van der Waals surface area contributed by atoms with Crippen LogP contribution < -0.4 is 10.6 Å². The molecule has 9 heteroatoms. The number of carbonyl (C=O) groups is 3. The summed E-state index contributed by atoms with van der Waals surface area (Å²) < 4.78 is 6.38. The van der Waals surface area contributed by atoms with E-state index in [-0.39, 0.29) is 12.3 Å². The van der Waals surface area contributed by atoms with Crippen LogP contribution in [-0.4, -0.2) is 45.5 Å². The highest BCUT2D eigenvalue weighted by Gasteiger charge is 2.73. The number of para-hydroxylation sites is 1. The van der Waals surface area contributed by atoms with Gasteiger partial charge >= 0.3 is 5.97 Å². The van der Waals surface area contributed by atoms with Crippen molar-refractivity contribution in [3.05, 3.63) is 167 Å². The predicted molar refractivity (Wildman–Crippen MR) is 186 cm³/mol. The van der Waals surface area contributed by atoms with Crippen LogP contribution in [0.4, 0.5) is 5.69 Å². The molecule has 2 saturated heterocycles. The number of rotatable bonds is 7. The molecule has 4 N–H and O–H groups in total. The summed E-state index contributed by atoms with van der Waals surface area (Å²) in [5.41, 5.74) is 2.38. The molecule has 0 bridgehead atoms. The Balaban J connectivity index is 1.36. The number of carbonyl (C=O) groups excluding carboxylic acids is 3. The number of amides is 2. The van der Waals surface area contributed by atoms with Crippen molar-refractivity contribution >= 4 is 23.5 Å². The zero-order valence-corrected chi connectivity index (χ0v) is 26.9. The van der Waals surface area contributed by atoms with Crippen molar-refractivity contribution in [3.63, 3.8) is 0 Å². The van der Waals surface area contributed by atoms with Gasteiger partial charge in [0.25, 0.3) is 0 Å². The van der Waals surface area contributed by atoms with Crippen LogP contribution in [0.2, 0.25) is 0 Å². The molecule has 3 heterocycles. The third-order valence-electron chi connectivity index (χ3n) is 10.4. The lowest BCUT2D eigenvalue weighted by Crippen LogP contribution is -2.55. The number of phenols is 1. The maximum Gasteiger partial charge on any atom is 0.324 e. The first-order chi connectivity index (χ1) is 24.4. The Hall–Kier alpha value is -5.77. The van der Waals surface area contributed by atoms with Gasteiger partial charge in [-0.15, -0.1) is 0 Å². The van der Waals surface area contributed by atoms with Gasteiger partial charge in [-0.3, -0.25) is 19.3 Å². The average Bonchev–Trinajstić information content (AvgIpc) is 3.64. The quantitative estimate of drug-likeness (QED) is 0.169. The first-order valence-corrected chi connectivity index (χ1v) is 16.7. The van der Waals surface area contributed by atoms with E-state index < -0.39 is 59.5 Å². The van der Waals surface area contributed by atoms with Crippen LogP contribution in [0.15, 0.2) is 140 Å². The van der Waals surface area contributed by atoms with Gasteiger partial charge in [-0.2, -0.15) is 0 Å². The van der Waals surface area contributed by atoms with Crippen LogP contribution in [0.3, 0.4) is 0 Å². The molecule has 250 valence electrons. The highest BCUT2D eigenvalue weighted by Crippen LogP contribution is 2.64. The zero-order chi connectivity index (χ0) is 34.4. The number of benzene rings is 5. The van der Waals surface area contributed by atoms with Crippen molar-refractivity contribution in [2.75, 3.05) is 11.9 Å². The Labute approximate surface area is 289 Å². The number of cyclic esters (lactones) is 1. The molecule has 2 amide bonds. The number of hydrogen-bond donors (Lipinski definition) is 4. The fourth-order valence-corrected chi connectivity index (χ4v) is 8.31. The maximum absolute atomic E-state index is 14.9. The number of nitrogens with zero attached hydrogens (tertiary/aromatic N) is 1. The van der Waals surface area contributed by atoms with E-state index in [2.05, 4.69) is 10.6 Å². The Kier molecular flexibility index (Phi) is 7.94. The number of aliphatic hydroxyl groups is 1. The van der Waals surface area contributed by atoms with Gasteiger partial charge in [-0.25, -0.2) is 0 Å². The molecule has 8 rings (SSSR count). The molecule has 7 unspecified atom stereocenters. The lowest BCUT2D eigenvalue weighted by atomic mass is 9.65. The molecule has 0 aliphatic carbocycles. The molecule has 3 aliphatic rings. The van der Waals surface area contributed by atoms with Gasteiger partial charge in [0.05, 0.1) is 24.1 Å². The van der Waals surface area contributed by atoms with E-state index in [4.69, 9.17) is 4.74 Å². The Morgan fingerprint density at radius 3 is 2.04 bits per heavy atom. The molecule has 5 aromatic carbocycles. The SMILES string of the molecule is O=C1OC(c2ccccc2)C(c2ccccc2)N2C1C(C(=O)NCC(O)c1ccccc1)C1(C(=O)Nc3ccccc31)C2c1ccc(O)cc1. The van der Waals surface area contributed by atoms with Gasteiger partial charge in [-0.1, -0.05) is 121 Å². The van der Waals surface area contributed by atoms with Crippen molar-refractivity contribution < 1.29 is 29.3 Å². The predicted octanol–water partition coefficient (Wildman–Crippen LogP) is 5.51. The van der Waals surface area contributed by atoms with E-state index in [9.17, 15) is 24.6 Å². The third kappa shape index (κ3) is 4.97. The minimum Gasteiger partial charge on any atom is -0.508 e. The van der Waals surface area contributed by atoms with Gasteiger partial charge < -0.3 is 25.6 Å². The van der Waals surface area contributed by atoms with Crippen molar-refractivity contribution in [2.24, 2.45) is 5.92 Å². The van der Waals surface area contributed by atoms with Crippen LogP contribution in [-0.2, 0) is 24.5 Å². The van der Waals surface area contributed by atoms with Crippen LogP contribution in [0.1, 0.15) is 52.1 Å². The number of ether oxygens (including phenoxy) is 1. The fourth-order valence-electron chi connectivity index (χ4n) is 8.31. The summed E-state index contributed by atoms with van der Waals surface area (Å²) in [5.74, 6) is -2.86. The molecule has 0 saturated carbocycles. The van der Waals surface area contributed by atoms with Gasteiger partial charge in [0, 0.05) is 12.2 Å². The van der Waals surface area contributed by atoms with E-state index in [0.29, 0.717) is 22.4 Å². The Bertz CT molecular complexity index is 2040. The van der Waals surface area contributed by atoms with Crippen molar-refractivity contribution in [2.45, 2.75) is 35.7 Å². The number of aliphatic hydroxyl groups excluding tert-OH is 1. The molecule has 3 aliphatic heterocycles. The second-order valence-corrected chi connectivity index (χ2v) is 13.0. The second kappa shape index (κ2) is 12.6. The minimum atomic E-state index is -1.61. The van der Waals surface area contributed by atoms with Crippen LogP contribution in [0.5, 0.6) is 5.75 Å². The molecule has 7 atom stereocenters. The van der Waals surface area contributed by atoms with Gasteiger partial charge in [0.2, 0.25) is 11.8 Å². The molecule has 9 nitrogen and oxygen atoms in total. The van der Waals surface area contributed by atoms with Crippen molar-refractivity contribution in [1.29, 1.82) is 0 Å². The van der Waals surface area contributed by atoms with Crippen molar-refractivity contribution in [1.82, 2.24) is 10.2 Å². The van der Waals surface area contributed by atoms with E-state index in [1.165, 1.54) is 0 Å². The lowest BCUT2D eigenvalue weighted by Gasteiger charge is -2.46. The summed E-state index contributed by atoms with van der Waals surface area (Å²) in [7, 11) is 0. The summed E-state index contributed by atoms with van der Waals surface area (Å²) in [6.07, 6.45) is -1.80. The summed E-state index contributed by atoms with van der Waals surface area (Å²) >= 11 is 0. The largest absolute Gasteiger partial charge is 0.508 e. The number of nitrogens with one attached hydrogen (secondary N) is 2. The summed E-state index contributed by atoms with van der Waals surface area (Å²) in [6, 6.07) is 39.3. The number of fused-ring (bicyclic) bond motifs is 3. The molecule has 1 spiro atoms. The van der Waals surface area contributed by atoms with E-state index in [1.54, 1.807) is 54.6 Å². The van der Waals surface area contributed by atoms with Gasteiger partial charge in [0.15, 0.2) is 0 Å². The highest BCUT2D eigenvalue weighted by atomic mass is 16.6. The molecular weight excluding hydrogens is 630 g/mol. The van der Waals surface area contributed by atoms with Crippen LogP contribution in [0.25, 0.3) is 0 Å². The smallest absolute Gasteiger partial charge is 0.324 e. The second-order valence-electron chi connectivity index (χ2n) is 13.0. The van der Waals surface area contributed by atoms with Crippen LogP contribution in [0, 0.1) is 5.92 Å². The standard InChI is InChI=1S/C41H35N3O6/c45-29-22-20-28(21-23-29)37-41(30-18-10-11-19-31(30)43-40(41)49)33(38(47)42-24-32(46)25-12-4-1-5-13-25)35-39(48)50-36(27-16-8-3-9-17-27)34(44(35)37)26-14-6-2-7-15-26/h1-23,32-37,45-46H,24H2,(H,42,47)(H,43,49). The number of hydrogen-bond acceptors (Lipinski definition) is 7. The van der Waals surface area contributed by atoms with E-state index in [0.717, 1.165) is 11.1 Å². The fraction of sp³-hybridized carbons (Fsp3) is 0.195. The molecule has 5 aromatic rings. The first-order valence-electron chi connectivity index (χ1n) is 16.7. The van der Waals surface area contributed by atoms with Gasteiger partial charge in [0.1, 0.15) is 23.3 Å². The number of phenolic OH excluding ortho intramolecular Hbond substituents is 1. The molecular formula is C41H35N3O6. The number of aromatic hydroxyl groups is 1. The van der Waals surface area contributed by atoms with E-state index in [1.807, 2.05) is 89.8 Å². The topological polar surface area (TPSA) is 128 Å². The summed E-state index contributed by atoms with van der Waals surface area (Å²) in [4.78, 5) is 46.3. The number of morpholine rings is 1. The normalized spacial score (nSPS) is 26.1.